The van der Waals surface area contributed by atoms with Crippen LogP contribution in [0.15, 0.2) is 75.2 Å². The van der Waals surface area contributed by atoms with Gasteiger partial charge in [0.25, 0.3) is 16.7 Å². The fraction of sp³-hybridized carbons (Fsp3) is 0.176. The molecule has 2 aromatic heterocycles. The average molecular weight is 736 g/mol. The number of anilines is 1. The van der Waals surface area contributed by atoms with Crippen molar-refractivity contribution in [3.05, 3.63) is 113 Å². The van der Waals surface area contributed by atoms with Crippen molar-refractivity contribution in [2.24, 2.45) is 14.1 Å². The SMILES string of the molecule is COc1cc(/C=C2\SC(=O)N(CC(=O)Nc3cccc(C)c3)C2=O)ccc1Oc1nc2c(c(=O)n(C)c(=O)n2C)n1Cc1ccc(Cl)cc1Cl. The topological polar surface area (TPSA) is 147 Å². The smallest absolute Gasteiger partial charge is 0.332 e. The number of imide groups is 1. The van der Waals surface area contributed by atoms with E-state index < -0.39 is 34.8 Å². The van der Waals surface area contributed by atoms with E-state index in [1.165, 1.54) is 36.4 Å². The summed E-state index contributed by atoms with van der Waals surface area (Å²) in [6, 6.07) is 16.9. The van der Waals surface area contributed by atoms with Gasteiger partial charge in [-0.05, 0) is 77.9 Å². The van der Waals surface area contributed by atoms with Crippen LogP contribution in [0, 0.1) is 6.92 Å². The summed E-state index contributed by atoms with van der Waals surface area (Å²) in [6.45, 7) is 1.49. The summed E-state index contributed by atoms with van der Waals surface area (Å²) in [5.74, 6) is -0.684. The van der Waals surface area contributed by atoms with Gasteiger partial charge in [-0.2, -0.15) is 4.98 Å². The van der Waals surface area contributed by atoms with E-state index in [4.69, 9.17) is 32.7 Å². The number of fused-ring (bicyclic) bond motifs is 1. The number of ether oxygens (including phenoxy) is 2. The fourth-order valence-electron chi connectivity index (χ4n) is 5.28. The van der Waals surface area contributed by atoms with E-state index in [0.29, 0.717) is 38.6 Å². The minimum Gasteiger partial charge on any atom is -0.493 e. The lowest BCUT2D eigenvalue weighted by Crippen LogP contribution is -2.37. The van der Waals surface area contributed by atoms with Gasteiger partial charge in [-0.15, -0.1) is 0 Å². The quantitative estimate of drug-likeness (QED) is 0.192. The maximum Gasteiger partial charge on any atom is 0.332 e. The highest BCUT2D eigenvalue weighted by atomic mass is 35.5. The third-order valence-electron chi connectivity index (χ3n) is 7.82. The number of imidazole rings is 1. The van der Waals surface area contributed by atoms with Gasteiger partial charge in [0.05, 0.1) is 18.6 Å². The van der Waals surface area contributed by atoms with Gasteiger partial charge in [0, 0.05) is 29.8 Å². The van der Waals surface area contributed by atoms with Crippen LogP contribution < -0.4 is 26.0 Å². The molecule has 0 spiro atoms. The number of thioether (sulfide) groups is 1. The molecule has 0 saturated carbocycles. The molecule has 50 heavy (non-hydrogen) atoms. The highest BCUT2D eigenvalue weighted by Gasteiger charge is 2.36. The number of carbonyl (C=O) groups is 3. The Morgan fingerprint density at radius 3 is 2.48 bits per heavy atom. The van der Waals surface area contributed by atoms with E-state index in [0.717, 1.165) is 15.0 Å². The first kappa shape index (κ1) is 34.5. The molecule has 1 aliphatic heterocycles. The highest BCUT2D eigenvalue weighted by molar-refractivity contribution is 8.18. The standard InChI is InChI=1S/C34H28Cl2N6O7S/c1-18-6-5-7-22(12-18)37-27(43)17-42-30(44)26(50-34(42)47)14-19-8-11-24(25(13-19)48-4)49-32-38-29-28(31(45)40(3)33(46)39(29)2)41(32)16-20-9-10-21(35)15-23(20)36/h5-15H,16-17H2,1-4H3,(H,37,43)/b26-14-. The monoisotopic (exact) mass is 734 g/mol. The Morgan fingerprint density at radius 2 is 1.76 bits per heavy atom. The fourth-order valence-corrected chi connectivity index (χ4v) is 6.59. The van der Waals surface area contributed by atoms with Crippen molar-refractivity contribution in [3.8, 4) is 17.5 Å². The first-order chi connectivity index (χ1) is 23.8. The van der Waals surface area contributed by atoms with E-state index >= 15 is 0 Å². The summed E-state index contributed by atoms with van der Waals surface area (Å²) in [4.78, 5) is 70.0. The van der Waals surface area contributed by atoms with Crippen LogP contribution >= 0.6 is 35.0 Å². The number of carbonyl (C=O) groups excluding carboxylic acids is 3. The van der Waals surface area contributed by atoms with Crippen LogP contribution in [0.1, 0.15) is 16.7 Å². The van der Waals surface area contributed by atoms with Crippen molar-refractivity contribution < 1.29 is 23.9 Å². The average Bonchev–Trinajstić information content (AvgIpc) is 3.56. The maximum absolute atomic E-state index is 13.3. The van der Waals surface area contributed by atoms with Crippen LogP contribution in [-0.2, 0) is 30.2 Å². The van der Waals surface area contributed by atoms with Crippen LogP contribution in [0.2, 0.25) is 10.0 Å². The number of aryl methyl sites for hydroxylation is 2. The van der Waals surface area contributed by atoms with Gasteiger partial charge >= 0.3 is 11.7 Å². The van der Waals surface area contributed by atoms with E-state index in [2.05, 4.69) is 10.3 Å². The molecule has 6 rings (SSSR count). The molecule has 13 nitrogen and oxygen atoms in total. The number of nitrogens with zero attached hydrogens (tertiary/aromatic N) is 5. The number of hydrogen-bond acceptors (Lipinski definition) is 9. The molecule has 3 heterocycles. The van der Waals surface area contributed by atoms with Gasteiger partial charge in [0.15, 0.2) is 22.7 Å². The molecule has 3 aromatic carbocycles. The molecule has 1 fully saturated rings. The van der Waals surface area contributed by atoms with Crippen molar-refractivity contribution in [1.29, 1.82) is 0 Å². The molecule has 16 heteroatoms. The van der Waals surface area contributed by atoms with Crippen molar-refractivity contribution in [2.45, 2.75) is 13.5 Å². The second-order valence-electron chi connectivity index (χ2n) is 11.3. The van der Waals surface area contributed by atoms with Crippen molar-refractivity contribution in [2.75, 3.05) is 19.0 Å². The van der Waals surface area contributed by atoms with Crippen LogP contribution in [0.25, 0.3) is 17.2 Å². The molecule has 1 N–H and O–H groups in total. The number of methoxy groups -OCH3 is 1. The van der Waals surface area contributed by atoms with E-state index in [1.54, 1.807) is 54.6 Å². The van der Waals surface area contributed by atoms with Gasteiger partial charge in [-0.25, -0.2) is 4.79 Å². The van der Waals surface area contributed by atoms with E-state index in [-0.39, 0.29) is 40.1 Å². The minimum atomic E-state index is -0.611. The Labute approximate surface area is 298 Å². The second kappa shape index (κ2) is 13.9. The molecule has 0 bridgehead atoms. The number of amides is 3. The van der Waals surface area contributed by atoms with E-state index in [9.17, 15) is 24.0 Å². The first-order valence-electron chi connectivity index (χ1n) is 14.9. The molecule has 0 unspecified atom stereocenters. The number of halogens is 2. The summed E-state index contributed by atoms with van der Waals surface area (Å²) < 4.78 is 15.5. The summed E-state index contributed by atoms with van der Waals surface area (Å²) in [5, 5.41) is 2.91. The Kier molecular flexibility index (Phi) is 9.60. The largest absolute Gasteiger partial charge is 0.493 e. The lowest BCUT2D eigenvalue weighted by atomic mass is 10.2. The molecule has 1 saturated heterocycles. The molecule has 256 valence electrons. The lowest BCUT2D eigenvalue weighted by Gasteiger charge is -2.14. The number of nitrogens with one attached hydrogen (secondary N) is 1. The van der Waals surface area contributed by atoms with Crippen LogP contribution in [0.5, 0.6) is 17.5 Å². The summed E-state index contributed by atoms with van der Waals surface area (Å²) in [6.07, 6.45) is 1.51. The zero-order valence-electron chi connectivity index (χ0n) is 27.0. The maximum atomic E-state index is 13.3. The summed E-state index contributed by atoms with van der Waals surface area (Å²) in [5.41, 5.74) is 1.67. The van der Waals surface area contributed by atoms with E-state index in [1.807, 2.05) is 13.0 Å². The van der Waals surface area contributed by atoms with Gasteiger partial charge < -0.3 is 14.8 Å². The summed E-state index contributed by atoms with van der Waals surface area (Å²) >= 11 is 13.3. The number of benzene rings is 3. The van der Waals surface area contributed by atoms with Crippen LogP contribution in [0.4, 0.5) is 10.5 Å². The third kappa shape index (κ3) is 6.77. The van der Waals surface area contributed by atoms with Crippen molar-refractivity contribution in [3.63, 3.8) is 0 Å². The molecule has 0 aliphatic carbocycles. The number of hydrogen-bond donors (Lipinski definition) is 1. The van der Waals surface area contributed by atoms with Gasteiger partial charge in [0.1, 0.15) is 6.54 Å². The van der Waals surface area contributed by atoms with Crippen molar-refractivity contribution >= 4 is 74.9 Å². The van der Waals surface area contributed by atoms with Crippen molar-refractivity contribution in [1.82, 2.24) is 23.6 Å². The molecular weight excluding hydrogens is 707 g/mol. The highest BCUT2D eigenvalue weighted by Crippen LogP contribution is 2.37. The molecule has 0 atom stereocenters. The second-order valence-corrected chi connectivity index (χ2v) is 13.1. The van der Waals surface area contributed by atoms with Crippen LogP contribution in [0.3, 0.4) is 0 Å². The minimum absolute atomic E-state index is 0.0274. The number of aromatic nitrogens is 4. The molecule has 0 radical (unpaired) electrons. The molecule has 5 aromatic rings. The predicted octanol–water partition coefficient (Wildman–Crippen LogP) is 5.57. The molecular formula is C34H28Cl2N6O7S. The zero-order valence-corrected chi connectivity index (χ0v) is 29.4. The van der Waals surface area contributed by atoms with Crippen LogP contribution in [-0.4, -0.2) is 54.3 Å². The van der Waals surface area contributed by atoms with Gasteiger partial charge in [-0.1, -0.05) is 47.5 Å². The Bertz CT molecular complexity index is 2380. The normalized spacial score (nSPS) is 13.8. The Hall–Kier alpha value is -5.31. The molecule has 1 aliphatic rings. The Balaban J connectivity index is 1.29. The molecule has 3 amide bonds. The van der Waals surface area contributed by atoms with Gasteiger partial charge in [0.2, 0.25) is 5.91 Å². The predicted molar refractivity (Wildman–Crippen MR) is 191 cm³/mol. The first-order valence-corrected chi connectivity index (χ1v) is 16.5. The number of rotatable bonds is 9. The third-order valence-corrected chi connectivity index (χ3v) is 9.31. The zero-order chi connectivity index (χ0) is 35.9. The summed E-state index contributed by atoms with van der Waals surface area (Å²) in [7, 11) is 4.28. The lowest BCUT2D eigenvalue weighted by molar-refractivity contribution is -0.127. The Morgan fingerprint density at radius 1 is 0.980 bits per heavy atom. The van der Waals surface area contributed by atoms with Gasteiger partial charge in [-0.3, -0.25) is 37.8 Å².